The molecule has 0 saturated carbocycles. The fourth-order valence-corrected chi connectivity index (χ4v) is 1.72. The van der Waals surface area contributed by atoms with Gasteiger partial charge in [-0.25, -0.2) is 4.39 Å². The Bertz CT molecular complexity index is 493. The molecule has 0 aliphatic heterocycles. The second kappa shape index (κ2) is 5.06. The van der Waals surface area contributed by atoms with Crippen LogP contribution in [0.2, 0.25) is 0 Å². The van der Waals surface area contributed by atoms with E-state index >= 15 is 0 Å². The lowest BCUT2D eigenvalue weighted by atomic mass is 10.1. The van der Waals surface area contributed by atoms with Gasteiger partial charge in [-0.2, -0.15) is 10.5 Å². The van der Waals surface area contributed by atoms with E-state index in [1.54, 1.807) is 12.1 Å². The van der Waals surface area contributed by atoms with Crippen molar-refractivity contribution in [1.29, 1.82) is 10.5 Å². The number of hydrogen-bond donors (Lipinski definition) is 0. The van der Waals surface area contributed by atoms with E-state index in [1.165, 1.54) is 18.2 Å². The average molecular weight is 330 g/mol. The monoisotopic (exact) mass is 328 g/mol. The molecular weight excluding hydrogens is 327 g/mol. The molecule has 0 fully saturated rings. The van der Waals surface area contributed by atoms with E-state index in [9.17, 15) is 4.39 Å². The standard InChI is InChI=1S/C10H3Br2FN2/c11-9-3-8(13)2-7(10(9)12)1-6(4-14)5-15/h1-3H. The molecule has 0 N–H and O–H groups in total. The lowest BCUT2D eigenvalue weighted by Gasteiger charge is -2.01. The molecule has 0 spiro atoms. The van der Waals surface area contributed by atoms with E-state index in [4.69, 9.17) is 10.5 Å². The van der Waals surface area contributed by atoms with Gasteiger partial charge in [-0.3, -0.25) is 0 Å². The summed E-state index contributed by atoms with van der Waals surface area (Å²) in [5.41, 5.74) is 0.369. The second-order valence-electron chi connectivity index (χ2n) is 2.57. The summed E-state index contributed by atoms with van der Waals surface area (Å²) >= 11 is 6.37. The lowest BCUT2D eigenvalue weighted by Crippen LogP contribution is -1.84. The zero-order chi connectivity index (χ0) is 11.4. The average Bonchev–Trinajstić information content (AvgIpc) is 2.21. The second-order valence-corrected chi connectivity index (χ2v) is 4.22. The summed E-state index contributed by atoms with van der Waals surface area (Å²) in [7, 11) is 0. The van der Waals surface area contributed by atoms with Crippen LogP contribution in [0.1, 0.15) is 5.56 Å². The number of nitrogens with zero attached hydrogens (tertiary/aromatic N) is 2. The van der Waals surface area contributed by atoms with Crippen molar-refractivity contribution < 1.29 is 4.39 Å². The van der Waals surface area contributed by atoms with Gasteiger partial charge in [-0.15, -0.1) is 0 Å². The molecule has 2 nitrogen and oxygen atoms in total. The Labute approximate surface area is 103 Å². The summed E-state index contributed by atoms with van der Waals surface area (Å²) in [6, 6.07) is 5.95. The first kappa shape index (κ1) is 11.9. The van der Waals surface area contributed by atoms with Crippen molar-refractivity contribution >= 4 is 37.9 Å². The van der Waals surface area contributed by atoms with Crippen LogP contribution < -0.4 is 0 Å². The van der Waals surface area contributed by atoms with Crippen molar-refractivity contribution in [2.75, 3.05) is 0 Å². The first-order chi connectivity index (χ1) is 7.08. The molecule has 1 aromatic carbocycles. The number of halogens is 3. The zero-order valence-electron chi connectivity index (χ0n) is 7.26. The van der Waals surface area contributed by atoms with E-state index in [-0.39, 0.29) is 5.57 Å². The molecule has 0 aliphatic carbocycles. The smallest absolute Gasteiger partial charge is 0.130 e. The maximum Gasteiger partial charge on any atom is 0.130 e. The van der Waals surface area contributed by atoms with Crippen LogP contribution in [0.3, 0.4) is 0 Å². The zero-order valence-corrected chi connectivity index (χ0v) is 10.4. The maximum absolute atomic E-state index is 13.0. The van der Waals surface area contributed by atoms with Crippen LogP contribution in [0.15, 0.2) is 26.7 Å². The molecule has 0 aliphatic rings. The quantitative estimate of drug-likeness (QED) is 0.581. The van der Waals surface area contributed by atoms with Crippen molar-refractivity contribution in [3.8, 4) is 12.1 Å². The fourth-order valence-electron chi connectivity index (χ4n) is 0.926. The summed E-state index contributed by atoms with van der Waals surface area (Å²) in [6.07, 6.45) is 1.32. The molecule has 15 heavy (non-hydrogen) atoms. The molecule has 0 heterocycles. The molecule has 0 bridgehead atoms. The summed E-state index contributed by atoms with van der Waals surface area (Å²) in [5, 5.41) is 17.1. The number of allylic oxidation sites excluding steroid dienone is 1. The maximum atomic E-state index is 13.0. The van der Waals surface area contributed by atoms with E-state index < -0.39 is 5.82 Å². The minimum Gasteiger partial charge on any atom is -0.207 e. The Kier molecular flexibility index (Phi) is 4.02. The van der Waals surface area contributed by atoms with E-state index in [2.05, 4.69) is 31.9 Å². The van der Waals surface area contributed by atoms with Gasteiger partial charge in [0.05, 0.1) is 0 Å². The predicted octanol–water partition coefficient (Wildman–Crippen LogP) is 3.78. The van der Waals surface area contributed by atoms with Gasteiger partial charge < -0.3 is 0 Å². The number of nitriles is 2. The highest BCUT2D eigenvalue weighted by molar-refractivity contribution is 9.13. The van der Waals surface area contributed by atoms with Gasteiger partial charge in [0.2, 0.25) is 0 Å². The minimum atomic E-state index is -0.438. The highest BCUT2D eigenvalue weighted by Crippen LogP contribution is 2.29. The van der Waals surface area contributed by atoms with E-state index in [0.29, 0.717) is 14.5 Å². The van der Waals surface area contributed by atoms with E-state index in [0.717, 1.165) is 0 Å². The van der Waals surface area contributed by atoms with Gasteiger partial charge in [0.25, 0.3) is 0 Å². The van der Waals surface area contributed by atoms with Crippen molar-refractivity contribution in [2.45, 2.75) is 0 Å². The fraction of sp³-hybridized carbons (Fsp3) is 0. The predicted molar refractivity (Wildman–Crippen MR) is 61.0 cm³/mol. The van der Waals surface area contributed by atoms with Crippen LogP contribution in [0.4, 0.5) is 4.39 Å². The van der Waals surface area contributed by atoms with Gasteiger partial charge in [0, 0.05) is 8.95 Å². The Morgan fingerprint density at radius 3 is 2.40 bits per heavy atom. The Morgan fingerprint density at radius 2 is 1.87 bits per heavy atom. The Hall–Kier alpha value is -1.17. The molecule has 1 aromatic rings. The third-order valence-corrected chi connectivity index (χ3v) is 3.60. The van der Waals surface area contributed by atoms with Gasteiger partial charge in [-0.1, -0.05) is 0 Å². The van der Waals surface area contributed by atoms with Crippen LogP contribution in [-0.2, 0) is 0 Å². The molecule has 0 atom stereocenters. The highest BCUT2D eigenvalue weighted by Gasteiger charge is 2.06. The largest absolute Gasteiger partial charge is 0.207 e. The summed E-state index contributed by atoms with van der Waals surface area (Å²) in [4.78, 5) is 0. The highest BCUT2D eigenvalue weighted by atomic mass is 79.9. The molecule has 1 rings (SSSR count). The molecule has 0 saturated heterocycles. The molecule has 74 valence electrons. The summed E-state index contributed by atoms with van der Waals surface area (Å²) < 4.78 is 14.2. The van der Waals surface area contributed by atoms with Gasteiger partial charge in [0.15, 0.2) is 0 Å². The van der Waals surface area contributed by atoms with Crippen LogP contribution in [0.5, 0.6) is 0 Å². The summed E-state index contributed by atoms with van der Waals surface area (Å²) in [6.45, 7) is 0. The van der Waals surface area contributed by atoms with Crippen LogP contribution in [-0.4, -0.2) is 0 Å². The normalized spacial score (nSPS) is 8.87. The Morgan fingerprint density at radius 1 is 1.27 bits per heavy atom. The Balaban J connectivity index is 3.35. The van der Waals surface area contributed by atoms with Gasteiger partial charge in [-0.05, 0) is 55.6 Å². The molecule has 5 heteroatoms. The van der Waals surface area contributed by atoms with Crippen LogP contribution >= 0.6 is 31.9 Å². The number of rotatable bonds is 1. The summed E-state index contributed by atoms with van der Waals surface area (Å²) in [5.74, 6) is -0.438. The molecule has 0 amide bonds. The number of hydrogen-bond acceptors (Lipinski definition) is 2. The van der Waals surface area contributed by atoms with Gasteiger partial charge in [0.1, 0.15) is 23.5 Å². The SMILES string of the molecule is N#CC(C#N)=Cc1cc(F)cc(Br)c1Br. The van der Waals surface area contributed by atoms with Crippen LogP contribution in [0, 0.1) is 28.5 Å². The molecule has 0 unspecified atom stereocenters. The number of benzene rings is 1. The third kappa shape index (κ3) is 2.89. The van der Waals surface area contributed by atoms with Crippen molar-refractivity contribution in [2.24, 2.45) is 0 Å². The van der Waals surface area contributed by atoms with Gasteiger partial charge >= 0.3 is 0 Å². The molecule has 0 aromatic heterocycles. The molecule has 0 radical (unpaired) electrons. The third-order valence-electron chi connectivity index (χ3n) is 1.56. The lowest BCUT2D eigenvalue weighted by molar-refractivity contribution is 0.626. The van der Waals surface area contributed by atoms with Crippen molar-refractivity contribution in [3.05, 3.63) is 38.0 Å². The van der Waals surface area contributed by atoms with E-state index in [1.807, 2.05) is 0 Å². The minimum absolute atomic E-state index is 0.0757. The first-order valence-corrected chi connectivity index (χ1v) is 5.33. The van der Waals surface area contributed by atoms with Crippen molar-refractivity contribution in [1.82, 2.24) is 0 Å². The molecular formula is C10H3Br2FN2. The van der Waals surface area contributed by atoms with Crippen molar-refractivity contribution in [3.63, 3.8) is 0 Å². The topological polar surface area (TPSA) is 47.6 Å². The van der Waals surface area contributed by atoms with Crippen LogP contribution in [0.25, 0.3) is 6.08 Å². The first-order valence-electron chi connectivity index (χ1n) is 3.75.